The first-order valence-electron chi connectivity index (χ1n) is 5.86. The van der Waals surface area contributed by atoms with Gasteiger partial charge in [0.25, 0.3) is 0 Å². The Kier molecular flexibility index (Phi) is 4.33. The minimum atomic E-state index is 0.662. The number of nitrogens with zero attached hydrogens (tertiary/aromatic N) is 5. The van der Waals surface area contributed by atoms with Gasteiger partial charge in [0.15, 0.2) is 5.13 Å². The summed E-state index contributed by atoms with van der Waals surface area (Å²) >= 11 is 1.62. The summed E-state index contributed by atoms with van der Waals surface area (Å²) in [5.74, 6) is 1.58. The highest BCUT2D eigenvalue weighted by Crippen LogP contribution is 2.30. The molecule has 19 heavy (non-hydrogen) atoms. The Morgan fingerprint density at radius 2 is 2.21 bits per heavy atom. The molecule has 2 aromatic rings. The Morgan fingerprint density at radius 1 is 1.42 bits per heavy atom. The van der Waals surface area contributed by atoms with E-state index < -0.39 is 0 Å². The summed E-state index contributed by atoms with van der Waals surface area (Å²) in [5.41, 5.74) is 0. The standard InChI is InChI=1S/C11H18N6OS/c1-16(2)11-14-10(18-4)8(19-11)5-12-6-9-15-13-7-17(9)3/h7,12H,5-6H2,1-4H3. The molecule has 8 heteroatoms. The number of aromatic nitrogens is 4. The van der Waals surface area contributed by atoms with Crippen LogP contribution in [0.15, 0.2) is 6.33 Å². The van der Waals surface area contributed by atoms with Gasteiger partial charge in [0.1, 0.15) is 12.2 Å². The Hall–Kier alpha value is -1.67. The first kappa shape index (κ1) is 13.8. The van der Waals surface area contributed by atoms with E-state index in [4.69, 9.17) is 4.74 Å². The third-order valence-electron chi connectivity index (χ3n) is 2.60. The summed E-state index contributed by atoms with van der Waals surface area (Å²) in [6.07, 6.45) is 1.69. The number of hydrogen-bond acceptors (Lipinski definition) is 7. The molecule has 0 saturated carbocycles. The molecule has 0 aromatic carbocycles. The zero-order valence-corrected chi connectivity index (χ0v) is 12.4. The molecule has 0 bridgehead atoms. The zero-order valence-electron chi connectivity index (χ0n) is 11.5. The molecule has 0 spiro atoms. The molecular formula is C11H18N6OS. The second-order valence-electron chi connectivity index (χ2n) is 4.28. The molecule has 0 aliphatic rings. The Balaban J connectivity index is 1.97. The molecule has 0 atom stereocenters. The van der Waals surface area contributed by atoms with Gasteiger partial charge in [-0.05, 0) is 0 Å². The van der Waals surface area contributed by atoms with Gasteiger partial charge in [-0.25, -0.2) is 0 Å². The van der Waals surface area contributed by atoms with Crippen molar-refractivity contribution < 1.29 is 4.74 Å². The maximum absolute atomic E-state index is 5.29. The lowest BCUT2D eigenvalue weighted by atomic mass is 10.5. The zero-order chi connectivity index (χ0) is 13.8. The van der Waals surface area contributed by atoms with Crippen LogP contribution in [0.1, 0.15) is 10.7 Å². The predicted molar refractivity (Wildman–Crippen MR) is 74.5 cm³/mol. The van der Waals surface area contributed by atoms with Crippen LogP contribution in [0.5, 0.6) is 5.88 Å². The Labute approximate surface area is 116 Å². The minimum Gasteiger partial charge on any atom is -0.480 e. The van der Waals surface area contributed by atoms with Crippen molar-refractivity contribution in [3.63, 3.8) is 0 Å². The van der Waals surface area contributed by atoms with E-state index in [1.54, 1.807) is 24.8 Å². The summed E-state index contributed by atoms with van der Waals surface area (Å²) in [6.45, 7) is 1.36. The lowest BCUT2D eigenvalue weighted by molar-refractivity contribution is 0.394. The van der Waals surface area contributed by atoms with Crippen molar-refractivity contribution in [2.75, 3.05) is 26.1 Å². The fraction of sp³-hybridized carbons (Fsp3) is 0.545. The van der Waals surface area contributed by atoms with E-state index in [0.717, 1.165) is 15.8 Å². The van der Waals surface area contributed by atoms with Gasteiger partial charge in [-0.15, -0.1) is 10.2 Å². The molecule has 2 heterocycles. The summed E-state index contributed by atoms with van der Waals surface area (Å²) in [7, 11) is 7.50. The number of rotatable bonds is 6. The van der Waals surface area contributed by atoms with Crippen LogP contribution in [0, 0.1) is 0 Å². The van der Waals surface area contributed by atoms with Gasteiger partial charge in [-0.3, -0.25) is 0 Å². The first-order valence-corrected chi connectivity index (χ1v) is 6.68. The average molecular weight is 282 g/mol. The molecule has 0 aliphatic carbocycles. The van der Waals surface area contributed by atoms with E-state index >= 15 is 0 Å². The Bertz CT molecular complexity index is 535. The second kappa shape index (κ2) is 5.98. The van der Waals surface area contributed by atoms with Gasteiger partial charge in [-0.2, -0.15) is 4.98 Å². The van der Waals surface area contributed by atoms with Crippen molar-refractivity contribution in [3.8, 4) is 5.88 Å². The molecule has 0 saturated heterocycles. The molecule has 7 nitrogen and oxygen atoms in total. The number of thiazole rings is 1. The third-order valence-corrected chi connectivity index (χ3v) is 3.80. The summed E-state index contributed by atoms with van der Waals surface area (Å²) in [5, 5.41) is 12.1. The molecular weight excluding hydrogens is 264 g/mol. The van der Waals surface area contributed by atoms with Gasteiger partial charge in [-0.1, -0.05) is 11.3 Å². The van der Waals surface area contributed by atoms with E-state index in [1.807, 2.05) is 30.6 Å². The molecule has 0 unspecified atom stereocenters. The maximum atomic E-state index is 5.29. The van der Waals surface area contributed by atoms with Crippen LogP contribution in [-0.4, -0.2) is 41.0 Å². The summed E-state index contributed by atoms with van der Waals surface area (Å²) < 4.78 is 7.18. The normalized spacial score (nSPS) is 10.7. The highest BCUT2D eigenvalue weighted by molar-refractivity contribution is 7.15. The van der Waals surface area contributed by atoms with Gasteiger partial charge < -0.3 is 19.5 Å². The number of hydrogen-bond donors (Lipinski definition) is 1. The molecule has 0 aliphatic heterocycles. The van der Waals surface area contributed by atoms with Gasteiger partial charge in [0, 0.05) is 27.7 Å². The van der Waals surface area contributed by atoms with Crippen LogP contribution >= 0.6 is 11.3 Å². The van der Waals surface area contributed by atoms with Crippen LogP contribution in [0.25, 0.3) is 0 Å². The smallest absolute Gasteiger partial charge is 0.230 e. The SMILES string of the molecule is COc1nc(N(C)C)sc1CNCc1nncn1C. The van der Waals surface area contributed by atoms with Crippen LogP contribution in [0.4, 0.5) is 5.13 Å². The largest absolute Gasteiger partial charge is 0.480 e. The molecule has 1 N–H and O–H groups in total. The quantitative estimate of drug-likeness (QED) is 0.838. The van der Waals surface area contributed by atoms with Crippen molar-refractivity contribution in [1.82, 2.24) is 25.1 Å². The van der Waals surface area contributed by atoms with Crippen LogP contribution in [0.2, 0.25) is 0 Å². The van der Waals surface area contributed by atoms with Crippen LogP contribution in [0.3, 0.4) is 0 Å². The van der Waals surface area contributed by atoms with E-state index in [-0.39, 0.29) is 0 Å². The lowest BCUT2D eigenvalue weighted by Crippen LogP contribution is -2.15. The van der Waals surface area contributed by atoms with Crippen molar-refractivity contribution in [2.45, 2.75) is 13.1 Å². The van der Waals surface area contributed by atoms with Crippen molar-refractivity contribution in [1.29, 1.82) is 0 Å². The number of methoxy groups -OCH3 is 1. The van der Waals surface area contributed by atoms with E-state index in [0.29, 0.717) is 19.0 Å². The molecule has 2 rings (SSSR count). The van der Waals surface area contributed by atoms with E-state index in [2.05, 4.69) is 20.5 Å². The molecule has 0 radical (unpaired) electrons. The fourth-order valence-corrected chi connectivity index (χ4v) is 2.47. The van der Waals surface area contributed by atoms with Crippen molar-refractivity contribution in [2.24, 2.45) is 7.05 Å². The third kappa shape index (κ3) is 3.21. The average Bonchev–Trinajstić information content (AvgIpc) is 2.96. The van der Waals surface area contributed by atoms with Crippen LogP contribution < -0.4 is 15.0 Å². The summed E-state index contributed by atoms with van der Waals surface area (Å²) in [6, 6.07) is 0. The highest BCUT2D eigenvalue weighted by atomic mass is 32.1. The predicted octanol–water partition coefficient (Wildman–Crippen LogP) is 0.636. The maximum Gasteiger partial charge on any atom is 0.230 e. The molecule has 0 amide bonds. The fourth-order valence-electron chi connectivity index (χ4n) is 1.54. The number of ether oxygens (including phenoxy) is 1. The molecule has 2 aromatic heterocycles. The monoisotopic (exact) mass is 282 g/mol. The number of nitrogens with one attached hydrogen (secondary N) is 1. The second-order valence-corrected chi connectivity index (χ2v) is 5.35. The van der Waals surface area contributed by atoms with E-state index in [9.17, 15) is 0 Å². The van der Waals surface area contributed by atoms with Gasteiger partial charge in [0.2, 0.25) is 5.88 Å². The van der Waals surface area contributed by atoms with Crippen molar-refractivity contribution >= 4 is 16.5 Å². The molecule has 104 valence electrons. The lowest BCUT2D eigenvalue weighted by Gasteiger charge is -2.05. The summed E-state index contributed by atoms with van der Waals surface area (Å²) in [4.78, 5) is 7.46. The minimum absolute atomic E-state index is 0.662. The topological polar surface area (TPSA) is 68.1 Å². The van der Waals surface area contributed by atoms with Crippen molar-refractivity contribution in [3.05, 3.63) is 17.0 Å². The number of anilines is 1. The Morgan fingerprint density at radius 3 is 2.79 bits per heavy atom. The van der Waals surface area contributed by atoms with E-state index in [1.165, 1.54) is 0 Å². The van der Waals surface area contributed by atoms with Gasteiger partial charge in [0.05, 0.1) is 18.5 Å². The van der Waals surface area contributed by atoms with Gasteiger partial charge >= 0.3 is 0 Å². The van der Waals surface area contributed by atoms with Crippen LogP contribution in [-0.2, 0) is 20.1 Å². The number of aryl methyl sites for hydroxylation is 1. The first-order chi connectivity index (χ1) is 9.11. The molecule has 0 fully saturated rings. The highest BCUT2D eigenvalue weighted by Gasteiger charge is 2.12.